The molecule has 27 heavy (non-hydrogen) atoms. The number of amides is 1. The molecular formula is C19H21N3O5. The Bertz CT molecular complexity index is 876. The number of aryl methyl sites for hydroxylation is 1. The van der Waals surface area contributed by atoms with E-state index in [-0.39, 0.29) is 11.4 Å². The third-order valence-corrected chi connectivity index (χ3v) is 4.13. The first-order valence-electron chi connectivity index (χ1n) is 8.19. The summed E-state index contributed by atoms with van der Waals surface area (Å²) in [4.78, 5) is 36.6. The number of nitro benzene ring substituents is 1. The summed E-state index contributed by atoms with van der Waals surface area (Å²) < 4.78 is 5.00. The van der Waals surface area contributed by atoms with Gasteiger partial charge in [0.1, 0.15) is 5.69 Å². The Morgan fingerprint density at radius 1 is 1.11 bits per heavy atom. The van der Waals surface area contributed by atoms with E-state index in [1.807, 2.05) is 19.0 Å². The Labute approximate surface area is 156 Å². The fraction of sp³-hybridized carbons (Fsp3) is 0.263. The van der Waals surface area contributed by atoms with Crippen LogP contribution in [0.1, 0.15) is 21.5 Å². The van der Waals surface area contributed by atoms with Gasteiger partial charge in [-0.3, -0.25) is 14.9 Å². The summed E-state index contributed by atoms with van der Waals surface area (Å²) in [5, 5.41) is 13.6. The van der Waals surface area contributed by atoms with E-state index < -0.39 is 23.4 Å². The minimum absolute atomic E-state index is 0.108. The van der Waals surface area contributed by atoms with E-state index in [0.717, 1.165) is 11.3 Å². The SMILES string of the molecule is Cc1ccc([N+](=O)[O-])c(NC(=O)COC(=O)c2ccc(N(C)C)cc2)c1C. The third-order valence-electron chi connectivity index (χ3n) is 4.13. The zero-order valence-corrected chi connectivity index (χ0v) is 15.6. The van der Waals surface area contributed by atoms with Crippen LogP contribution >= 0.6 is 0 Å². The van der Waals surface area contributed by atoms with Crippen LogP contribution in [0.2, 0.25) is 0 Å². The molecule has 0 bridgehead atoms. The van der Waals surface area contributed by atoms with Gasteiger partial charge in [0, 0.05) is 25.8 Å². The van der Waals surface area contributed by atoms with Gasteiger partial charge >= 0.3 is 5.97 Å². The van der Waals surface area contributed by atoms with E-state index in [2.05, 4.69) is 5.32 Å². The summed E-state index contributed by atoms with van der Waals surface area (Å²) in [6.07, 6.45) is 0. The van der Waals surface area contributed by atoms with Gasteiger partial charge in [-0.15, -0.1) is 0 Å². The predicted molar refractivity (Wildman–Crippen MR) is 102 cm³/mol. The minimum atomic E-state index is -0.648. The van der Waals surface area contributed by atoms with Crippen LogP contribution in [0.5, 0.6) is 0 Å². The molecule has 8 heteroatoms. The molecule has 0 radical (unpaired) electrons. The molecule has 0 heterocycles. The largest absolute Gasteiger partial charge is 0.452 e. The molecule has 142 valence electrons. The van der Waals surface area contributed by atoms with Crippen molar-refractivity contribution in [3.63, 3.8) is 0 Å². The van der Waals surface area contributed by atoms with Crippen molar-refractivity contribution in [1.82, 2.24) is 0 Å². The topological polar surface area (TPSA) is 102 Å². The second-order valence-corrected chi connectivity index (χ2v) is 6.22. The molecule has 0 saturated carbocycles. The van der Waals surface area contributed by atoms with Crippen LogP contribution in [0.25, 0.3) is 0 Å². The van der Waals surface area contributed by atoms with Crippen LogP contribution in [0.4, 0.5) is 17.1 Å². The molecule has 0 spiro atoms. The molecule has 2 aromatic rings. The highest BCUT2D eigenvalue weighted by Crippen LogP contribution is 2.30. The van der Waals surface area contributed by atoms with E-state index in [9.17, 15) is 19.7 Å². The van der Waals surface area contributed by atoms with Crippen LogP contribution in [0, 0.1) is 24.0 Å². The minimum Gasteiger partial charge on any atom is -0.452 e. The van der Waals surface area contributed by atoms with E-state index >= 15 is 0 Å². The average Bonchev–Trinajstić information content (AvgIpc) is 2.63. The van der Waals surface area contributed by atoms with Gasteiger partial charge in [0.05, 0.1) is 10.5 Å². The van der Waals surface area contributed by atoms with Crippen molar-refractivity contribution in [3.05, 3.63) is 63.2 Å². The number of rotatable bonds is 6. The first-order chi connectivity index (χ1) is 12.7. The number of nitrogens with one attached hydrogen (secondary N) is 1. The molecule has 0 fully saturated rings. The monoisotopic (exact) mass is 371 g/mol. The molecule has 0 aromatic heterocycles. The molecule has 0 aliphatic heterocycles. The Morgan fingerprint density at radius 2 is 1.74 bits per heavy atom. The number of carbonyl (C=O) groups is 2. The number of nitrogens with zero attached hydrogens (tertiary/aromatic N) is 2. The zero-order chi connectivity index (χ0) is 20.1. The Morgan fingerprint density at radius 3 is 2.30 bits per heavy atom. The molecule has 8 nitrogen and oxygen atoms in total. The highest BCUT2D eigenvalue weighted by Gasteiger charge is 2.20. The van der Waals surface area contributed by atoms with Crippen LogP contribution in [-0.2, 0) is 9.53 Å². The number of carbonyl (C=O) groups excluding carboxylic acids is 2. The molecule has 1 N–H and O–H groups in total. The van der Waals surface area contributed by atoms with Crippen molar-refractivity contribution < 1.29 is 19.2 Å². The van der Waals surface area contributed by atoms with Crippen LogP contribution in [0.15, 0.2) is 36.4 Å². The smallest absolute Gasteiger partial charge is 0.338 e. The molecule has 0 aliphatic carbocycles. The number of ether oxygens (including phenoxy) is 1. The third kappa shape index (κ3) is 4.81. The van der Waals surface area contributed by atoms with E-state index in [0.29, 0.717) is 11.1 Å². The molecule has 0 aliphatic rings. The molecule has 2 rings (SSSR count). The van der Waals surface area contributed by atoms with Crippen molar-refractivity contribution in [2.75, 3.05) is 30.9 Å². The number of anilines is 2. The van der Waals surface area contributed by atoms with Gasteiger partial charge in [0.25, 0.3) is 11.6 Å². The number of nitro groups is 1. The van der Waals surface area contributed by atoms with Crippen molar-refractivity contribution in [2.45, 2.75) is 13.8 Å². The molecule has 0 saturated heterocycles. The van der Waals surface area contributed by atoms with Gasteiger partial charge in [-0.2, -0.15) is 0 Å². The summed E-state index contributed by atoms with van der Waals surface area (Å²) in [5.74, 6) is -1.30. The summed E-state index contributed by atoms with van der Waals surface area (Å²) in [6.45, 7) is 2.92. The van der Waals surface area contributed by atoms with Crippen molar-refractivity contribution in [3.8, 4) is 0 Å². The Kier molecular flexibility index (Phi) is 6.12. The second kappa shape index (κ2) is 8.31. The maximum absolute atomic E-state index is 12.1. The van der Waals surface area contributed by atoms with Crippen LogP contribution in [0.3, 0.4) is 0 Å². The summed E-state index contributed by atoms with van der Waals surface area (Å²) >= 11 is 0. The maximum Gasteiger partial charge on any atom is 0.338 e. The van der Waals surface area contributed by atoms with Gasteiger partial charge in [-0.05, 0) is 49.2 Å². The fourth-order valence-electron chi connectivity index (χ4n) is 2.40. The second-order valence-electron chi connectivity index (χ2n) is 6.22. The quantitative estimate of drug-likeness (QED) is 0.476. The summed E-state index contributed by atoms with van der Waals surface area (Å²) in [7, 11) is 3.76. The lowest BCUT2D eigenvalue weighted by atomic mass is 10.1. The normalized spacial score (nSPS) is 10.2. The highest BCUT2D eigenvalue weighted by molar-refractivity contribution is 5.97. The summed E-state index contributed by atoms with van der Waals surface area (Å²) in [5.41, 5.74) is 2.52. The van der Waals surface area contributed by atoms with Crippen molar-refractivity contribution in [2.24, 2.45) is 0 Å². The van der Waals surface area contributed by atoms with Crippen LogP contribution < -0.4 is 10.2 Å². The number of hydrogen-bond acceptors (Lipinski definition) is 6. The average molecular weight is 371 g/mol. The first-order valence-corrected chi connectivity index (χ1v) is 8.19. The lowest BCUT2D eigenvalue weighted by molar-refractivity contribution is -0.384. The molecule has 1 amide bonds. The predicted octanol–water partition coefficient (Wildman–Crippen LogP) is 3.07. The number of benzene rings is 2. The van der Waals surface area contributed by atoms with E-state index in [1.165, 1.54) is 6.07 Å². The van der Waals surface area contributed by atoms with Gasteiger partial charge in [-0.1, -0.05) is 6.07 Å². The number of hydrogen-bond donors (Lipinski definition) is 1. The van der Waals surface area contributed by atoms with E-state index in [1.54, 1.807) is 44.2 Å². The zero-order valence-electron chi connectivity index (χ0n) is 15.6. The summed E-state index contributed by atoms with van der Waals surface area (Å²) in [6, 6.07) is 9.67. The van der Waals surface area contributed by atoms with Gasteiger partial charge in [0.15, 0.2) is 6.61 Å². The molecular weight excluding hydrogens is 350 g/mol. The van der Waals surface area contributed by atoms with Gasteiger partial charge in [0.2, 0.25) is 0 Å². The standard InChI is InChI=1S/C19H21N3O5/c1-12-5-10-16(22(25)26)18(13(12)2)20-17(23)11-27-19(24)14-6-8-15(9-7-14)21(3)4/h5-10H,11H2,1-4H3,(H,20,23). The van der Waals surface area contributed by atoms with Crippen molar-refractivity contribution in [1.29, 1.82) is 0 Å². The lowest BCUT2D eigenvalue weighted by Crippen LogP contribution is -2.22. The van der Waals surface area contributed by atoms with Crippen molar-refractivity contribution >= 4 is 28.9 Å². The van der Waals surface area contributed by atoms with Crippen LogP contribution in [-0.4, -0.2) is 37.5 Å². The first kappa shape index (κ1) is 19.9. The highest BCUT2D eigenvalue weighted by atomic mass is 16.6. The fourth-order valence-corrected chi connectivity index (χ4v) is 2.40. The molecule has 2 aromatic carbocycles. The Hall–Kier alpha value is -3.42. The van der Waals surface area contributed by atoms with E-state index in [4.69, 9.17) is 4.74 Å². The van der Waals surface area contributed by atoms with Gasteiger partial charge < -0.3 is 15.0 Å². The molecule has 0 atom stereocenters. The Balaban J connectivity index is 2.03. The lowest BCUT2D eigenvalue weighted by Gasteiger charge is -2.13. The number of esters is 1. The van der Waals surface area contributed by atoms with Gasteiger partial charge in [-0.25, -0.2) is 4.79 Å². The maximum atomic E-state index is 12.1. The molecule has 0 unspecified atom stereocenters.